The summed E-state index contributed by atoms with van der Waals surface area (Å²) in [6.45, 7) is 4.18. The number of benzene rings is 2. The van der Waals surface area contributed by atoms with Crippen LogP contribution in [0.25, 0.3) is 0 Å². The zero-order valence-corrected chi connectivity index (χ0v) is 26.5. The van der Waals surface area contributed by atoms with Crippen LogP contribution in [-0.4, -0.2) is 107 Å². The van der Waals surface area contributed by atoms with Crippen LogP contribution in [0.5, 0.6) is 0 Å². The van der Waals surface area contributed by atoms with Crippen molar-refractivity contribution in [3.8, 4) is 0 Å². The number of hydrogen-bond donors (Lipinski definition) is 2. The molecule has 0 radical (unpaired) electrons. The van der Waals surface area contributed by atoms with Gasteiger partial charge in [-0.05, 0) is 46.7 Å². The van der Waals surface area contributed by atoms with Crippen molar-refractivity contribution < 1.29 is 42.1 Å². The fraction of sp³-hybridized carbons (Fsp3) is 0.480. The fourth-order valence-electron chi connectivity index (χ4n) is 4.10. The van der Waals surface area contributed by atoms with Gasteiger partial charge in [0.2, 0.25) is 10.0 Å². The minimum absolute atomic E-state index is 0. The van der Waals surface area contributed by atoms with E-state index in [1.807, 2.05) is 32.0 Å². The van der Waals surface area contributed by atoms with Crippen molar-refractivity contribution in [1.82, 2.24) is 9.62 Å². The zero-order chi connectivity index (χ0) is 27.7. The number of alkyl carbamates (subject to hydrolysis) is 1. The van der Waals surface area contributed by atoms with Crippen LogP contribution < -0.4 is 15.9 Å². The second-order valence-corrected chi connectivity index (χ2v) is 12.1. The molecular formula is C25H35CaN3O9PS+. The molecule has 0 aliphatic carbocycles. The molecule has 1 aliphatic rings. The minimum atomic E-state index is -4.06. The van der Waals surface area contributed by atoms with Crippen LogP contribution in [0, 0.1) is 5.92 Å². The van der Waals surface area contributed by atoms with Crippen LogP contribution >= 0.6 is 8.25 Å². The fourth-order valence-corrected chi connectivity index (χ4v) is 6.15. The molecule has 15 heteroatoms. The maximum absolute atomic E-state index is 13.6. The van der Waals surface area contributed by atoms with Gasteiger partial charge < -0.3 is 30.9 Å². The van der Waals surface area contributed by atoms with E-state index in [9.17, 15) is 22.7 Å². The number of nitrogens with one attached hydrogen (secondary N) is 1. The molecule has 1 saturated heterocycles. The van der Waals surface area contributed by atoms with E-state index in [1.165, 1.54) is 28.6 Å². The Kier molecular flexibility index (Phi) is 16.1. The number of amides is 1. The summed E-state index contributed by atoms with van der Waals surface area (Å²) in [7, 11) is -7.44. The Morgan fingerprint density at radius 1 is 1.18 bits per heavy atom. The minimum Gasteiger partial charge on any atom is -0.870 e. The summed E-state index contributed by atoms with van der Waals surface area (Å²) in [4.78, 5) is 24.5. The van der Waals surface area contributed by atoms with Gasteiger partial charge in [-0.25, -0.2) is 13.2 Å². The van der Waals surface area contributed by atoms with Crippen LogP contribution in [-0.2, 0) is 35.0 Å². The first-order valence-corrected chi connectivity index (χ1v) is 14.8. The number of carbonyl (C=O) groups is 1. The molecule has 2 aromatic rings. The third-order valence-corrected chi connectivity index (χ3v) is 8.19. The zero-order valence-electron chi connectivity index (χ0n) is 22.5. The maximum atomic E-state index is 13.6. The average molecular weight is 625 g/mol. The summed E-state index contributed by atoms with van der Waals surface area (Å²) in [6, 6.07) is 13.9. The molecule has 1 heterocycles. The van der Waals surface area contributed by atoms with Gasteiger partial charge in [-0.3, -0.25) is 0 Å². The van der Waals surface area contributed by atoms with Gasteiger partial charge in [0.1, 0.15) is 12.2 Å². The van der Waals surface area contributed by atoms with Crippen molar-refractivity contribution in [2.45, 2.75) is 49.8 Å². The third kappa shape index (κ3) is 11.5. The molecule has 0 spiro atoms. The molecule has 0 aromatic heterocycles. The predicted molar refractivity (Wildman–Crippen MR) is 147 cm³/mol. The summed E-state index contributed by atoms with van der Waals surface area (Å²) < 4.78 is 56.0. The van der Waals surface area contributed by atoms with E-state index < -0.39 is 42.6 Å². The first-order chi connectivity index (χ1) is 18.0. The molecule has 216 valence electrons. The second kappa shape index (κ2) is 17.5. The molecule has 3 rings (SSSR count). The molecule has 40 heavy (non-hydrogen) atoms. The van der Waals surface area contributed by atoms with Gasteiger partial charge in [0.05, 0.1) is 24.2 Å². The summed E-state index contributed by atoms with van der Waals surface area (Å²) in [5, 5.41) is 2.71. The van der Waals surface area contributed by atoms with Gasteiger partial charge in [0.15, 0.2) is 0 Å². The smallest absolute Gasteiger partial charge is 0.870 e. The quantitative estimate of drug-likeness (QED) is 0.189. The Labute approximate surface area is 265 Å². The van der Waals surface area contributed by atoms with Gasteiger partial charge >= 0.3 is 52.1 Å². The molecule has 4 atom stereocenters. The van der Waals surface area contributed by atoms with E-state index in [0.29, 0.717) is 18.7 Å². The summed E-state index contributed by atoms with van der Waals surface area (Å²) in [5.74, 6) is -0.0897. The molecule has 4 N–H and O–H groups in total. The van der Waals surface area contributed by atoms with E-state index in [-0.39, 0.29) is 80.1 Å². The Bertz CT molecular complexity index is 1170. The number of rotatable bonds is 13. The SMILES string of the molecule is CC(C)CN(C[C@@H](O[P+](=O)[O-])C(Cc1ccccc1)NC(=O)O[C@H]1CCOC1)S(=O)(=O)c1ccc(N)cc1.[Ca+2].[OH-]. The molecule has 0 bridgehead atoms. The number of nitrogens with two attached hydrogens (primary N) is 1. The van der Waals surface area contributed by atoms with Crippen LogP contribution in [0.3, 0.4) is 0 Å². The topological polar surface area (TPSA) is 190 Å². The van der Waals surface area contributed by atoms with E-state index in [1.54, 1.807) is 12.1 Å². The largest absolute Gasteiger partial charge is 2.00 e. The van der Waals surface area contributed by atoms with Crippen molar-refractivity contribution in [3.63, 3.8) is 0 Å². The molecule has 2 unspecified atom stereocenters. The summed E-state index contributed by atoms with van der Waals surface area (Å²) >= 11 is 0. The standard InChI is InChI=1S/C25H34N3O8PS.Ca.H2O/c1-18(2)15-28(38(32,33)22-10-8-20(26)9-11-22)16-24(36-37(30)31)23(14-19-6-4-3-5-7-19)27-25(29)35-21-12-13-34-17-21;;/h3-11,18,21,23-24H,12-17,26H2,1-2H3,(H,27,29);;1H2/q;+2;/p-1/t21-,23?,24+;;/m0../s1. The second-order valence-electron chi connectivity index (χ2n) is 9.48. The van der Waals surface area contributed by atoms with Crippen molar-refractivity contribution in [2.75, 3.05) is 32.0 Å². The molecule has 0 saturated carbocycles. The van der Waals surface area contributed by atoms with Gasteiger partial charge in [-0.2, -0.15) is 4.31 Å². The number of nitrogen functional groups attached to an aromatic ring is 1. The van der Waals surface area contributed by atoms with E-state index in [0.717, 1.165) is 5.56 Å². The first kappa shape index (κ1) is 36.6. The van der Waals surface area contributed by atoms with Crippen LogP contribution in [0.1, 0.15) is 25.8 Å². The average Bonchev–Trinajstić information content (AvgIpc) is 3.36. The van der Waals surface area contributed by atoms with Gasteiger partial charge in [0.25, 0.3) is 0 Å². The number of ether oxygens (including phenoxy) is 2. The Hall–Kier alpha value is -1.38. The monoisotopic (exact) mass is 624 g/mol. The number of hydrogen-bond acceptors (Lipinski definition) is 10. The Morgan fingerprint density at radius 3 is 2.38 bits per heavy atom. The van der Waals surface area contributed by atoms with Gasteiger partial charge in [-0.15, -0.1) is 4.52 Å². The Balaban J connectivity index is 0.00000400. The number of anilines is 1. The Morgan fingerprint density at radius 2 is 1.82 bits per heavy atom. The van der Waals surface area contributed by atoms with Crippen LogP contribution in [0.15, 0.2) is 59.5 Å². The van der Waals surface area contributed by atoms with Crippen molar-refractivity contribution in [3.05, 3.63) is 60.2 Å². The summed E-state index contributed by atoms with van der Waals surface area (Å²) in [6.07, 6.45) is -1.72. The molecule has 2 aromatic carbocycles. The maximum Gasteiger partial charge on any atom is 2.00 e. The number of sulfonamides is 1. The van der Waals surface area contributed by atoms with Crippen LogP contribution in [0.4, 0.5) is 10.5 Å². The number of carbonyl (C=O) groups excluding carboxylic acids is 1. The molecular weight excluding hydrogens is 589 g/mol. The molecule has 1 amide bonds. The normalized spacial score (nSPS) is 16.9. The van der Waals surface area contributed by atoms with E-state index in [2.05, 4.69) is 5.32 Å². The predicted octanol–water partition coefficient (Wildman–Crippen LogP) is 1.89. The van der Waals surface area contributed by atoms with Crippen molar-refractivity contribution in [1.29, 1.82) is 0 Å². The third-order valence-electron chi connectivity index (χ3n) is 5.90. The van der Waals surface area contributed by atoms with Gasteiger partial charge in [0, 0.05) is 25.2 Å². The van der Waals surface area contributed by atoms with Crippen molar-refractivity contribution in [2.24, 2.45) is 5.92 Å². The van der Waals surface area contributed by atoms with E-state index in [4.69, 9.17) is 19.7 Å². The van der Waals surface area contributed by atoms with Crippen molar-refractivity contribution >= 4 is 67.8 Å². The number of nitrogens with zero attached hydrogens (tertiary/aromatic N) is 1. The first-order valence-electron chi connectivity index (χ1n) is 12.3. The molecule has 1 aliphatic heterocycles. The van der Waals surface area contributed by atoms with Gasteiger partial charge in [-0.1, -0.05) is 44.2 Å². The summed E-state index contributed by atoms with van der Waals surface area (Å²) in [5.41, 5.74) is 6.91. The molecule has 1 fully saturated rings. The van der Waals surface area contributed by atoms with E-state index >= 15 is 0 Å². The molecule has 12 nitrogen and oxygen atoms in total. The van der Waals surface area contributed by atoms with Crippen LogP contribution in [0.2, 0.25) is 0 Å².